The molecule has 2 aromatic heterocycles. The van der Waals surface area contributed by atoms with Gasteiger partial charge in [-0.3, -0.25) is 0 Å². The van der Waals surface area contributed by atoms with Crippen molar-refractivity contribution in [3.8, 4) is 11.1 Å². The Labute approximate surface area is 103 Å². The van der Waals surface area contributed by atoms with Crippen LogP contribution in [0, 0.1) is 0 Å². The highest BCUT2D eigenvalue weighted by atomic mass is 19.4. The molecule has 1 N–H and O–H groups in total. The first-order valence-electron chi connectivity index (χ1n) is 5.57. The van der Waals surface area contributed by atoms with Gasteiger partial charge in [0.2, 0.25) is 0 Å². The highest BCUT2D eigenvalue weighted by Gasteiger charge is 2.28. The molecule has 0 aliphatic rings. The first kappa shape index (κ1) is 12.5. The summed E-state index contributed by atoms with van der Waals surface area (Å²) in [6, 6.07) is 7.45. The summed E-state index contributed by atoms with van der Waals surface area (Å²) in [7, 11) is 0. The van der Waals surface area contributed by atoms with Crippen molar-refractivity contribution < 1.29 is 22.7 Å². The van der Waals surface area contributed by atoms with E-state index in [2.05, 4.69) is 4.98 Å². The van der Waals surface area contributed by atoms with Crippen molar-refractivity contribution in [3.63, 3.8) is 0 Å². The summed E-state index contributed by atoms with van der Waals surface area (Å²) < 4.78 is 37.7. The average Bonchev–Trinajstić information content (AvgIpc) is 2.37. The topological polar surface area (TPSA) is 18.0 Å². The summed E-state index contributed by atoms with van der Waals surface area (Å²) in [6.07, 6.45) is 2.02. The predicted molar refractivity (Wildman–Crippen MR) is 59.3 cm³/mol. The van der Waals surface area contributed by atoms with Gasteiger partial charge in [-0.1, -0.05) is 0 Å². The van der Waals surface area contributed by atoms with Crippen molar-refractivity contribution in [2.75, 3.05) is 0 Å². The predicted octanol–water partition coefficient (Wildman–Crippen LogP) is 2.41. The minimum absolute atomic E-state index is 0.0493. The Balaban J connectivity index is 2.07. The van der Waals surface area contributed by atoms with Crippen molar-refractivity contribution in [1.29, 1.82) is 0 Å². The molecule has 94 valence electrons. The number of alkyl halides is 3. The highest BCUT2D eigenvalue weighted by molar-refractivity contribution is 5.60. The molecule has 5 heteroatoms. The van der Waals surface area contributed by atoms with Crippen LogP contribution in [0.15, 0.2) is 49.1 Å². The molecular weight excluding hydrogens is 241 g/mol. The molecule has 0 spiro atoms. The molecule has 0 fully saturated rings. The van der Waals surface area contributed by atoms with Crippen molar-refractivity contribution in [2.45, 2.75) is 19.1 Å². The lowest BCUT2D eigenvalue weighted by molar-refractivity contribution is -0.700. The van der Waals surface area contributed by atoms with Crippen molar-refractivity contribution in [1.82, 2.24) is 0 Å². The van der Waals surface area contributed by atoms with Crippen LogP contribution in [0.5, 0.6) is 0 Å². The summed E-state index contributed by atoms with van der Waals surface area (Å²) in [5, 5.41) is 0. The molecule has 0 unspecified atom stereocenters. The molecule has 2 aromatic rings. The zero-order chi connectivity index (χ0) is 13.0. The molecule has 2 rings (SSSR count). The van der Waals surface area contributed by atoms with Crippen LogP contribution in [0.3, 0.4) is 0 Å². The van der Waals surface area contributed by atoms with Gasteiger partial charge in [0, 0.05) is 24.3 Å². The lowest BCUT2D eigenvalue weighted by atomic mass is 10.1. The van der Waals surface area contributed by atoms with E-state index in [0.29, 0.717) is 0 Å². The number of aryl methyl sites for hydroxylation is 1. The average molecular weight is 254 g/mol. The van der Waals surface area contributed by atoms with Crippen molar-refractivity contribution in [2.24, 2.45) is 0 Å². The number of aromatic nitrogens is 2. The van der Waals surface area contributed by atoms with E-state index in [1.54, 1.807) is 24.8 Å². The molecule has 0 radical (unpaired) electrons. The molecule has 2 nitrogen and oxygen atoms in total. The largest absolute Gasteiger partial charge is 0.395 e. The maximum atomic E-state index is 12.1. The maximum Gasteiger partial charge on any atom is 0.395 e. The smallest absolute Gasteiger partial charge is 0.218 e. The van der Waals surface area contributed by atoms with Gasteiger partial charge >= 0.3 is 6.18 Å². The van der Waals surface area contributed by atoms with Crippen LogP contribution in [0.2, 0.25) is 0 Å². The lowest BCUT2D eigenvalue weighted by Gasteiger charge is -2.03. The number of rotatable bonds is 3. The fourth-order valence-electron chi connectivity index (χ4n) is 1.63. The van der Waals surface area contributed by atoms with Crippen molar-refractivity contribution in [3.05, 3.63) is 49.1 Å². The van der Waals surface area contributed by atoms with Crippen LogP contribution in [-0.2, 0) is 6.54 Å². The van der Waals surface area contributed by atoms with E-state index in [4.69, 9.17) is 0 Å². The molecule has 0 atom stereocenters. The molecule has 0 aromatic carbocycles. The molecular formula is C13H13F3N2+2. The molecule has 0 aliphatic carbocycles. The SMILES string of the molecule is FC(F)(F)CC[n+]1ccc(-c2cc[nH+]cc2)cc1. The Bertz CT molecular complexity index is 492. The zero-order valence-corrected chi connectivity index (χ0v) is 9.61. The maximum absolute atomic E-state index is 12.1. The standard InChI is InChI=1S/C13H12F3N2/c14-13(15,16)5-10-18-8-3-12(4-9-18)11-1-6-17-7-2-11/h1-4,6-9H,5,10H2/q+1/p+1. The van der Waals surface area contributed by atoms with Gasteiger partial charge in [-0.25, -0.2) is 9.55 Å². The fraction of sp³-hybridized carbons (Fsp3) is 0.231. The Morgan fingerprint density at radius 2 is 1.50 bits per heavy atom. The van der Waals surface area contributed by atoms with Gasteiger partial charge in [0.05, 0.1) is 0 Å². The monoisotopic (exact) mass is 254 g/mol. The van der Waals surface area contributed by atoms with Crippen LogP contribution in [0.25, 0.3) is 11.1 Å². The quantitative estimate of drug-likeness (QED) is 0.749. The summed E-state index contributed by atoms with van der Waals surface area (Å²) >= 11 is 0. The Morgan fingerprint density at radius 1 is 0.944 bits per heavy atom. The molecule has 0 aliphatic heterocycles. The van der Waals surface area contributed by atoms with Gasteiger partial charge in [-0.2, -0.15) is 13.2 Å². The highest BCUT2D eigenvalue weighted by Crippen LogP contribution is 2.19. The third kappa shape index (κ3) is 3.55. The number of pyridine rings is 2. The van der Waals surface area contributed by atoms with Gasteiger partial charge < -0.3 is 0 Å². The Kier molecular flexibility index (Phi) is 3.60. The molecule has 0 saturated carbocycles. The second-order valence-electron chi connectivity index (χ2n) is 3.98. The fourth-order valence-corrected chi connectivity index (χ4v) is 1.63. The van der Waals surface area contributed by atoms with Crippen LogP contribution in [-0.4, -0.2) is 6.18 Å². The second-order valence-corrected chi connectivity index (χ2v) is 3.98. The second kappa shape index (κ2) is 5.16. The van der Waals surface area contributed by atoms with Crippen LogP contribution >= 0.6 is 0 Å². The number of hydrogen-bond donors (Lipinski definition) is 0. The summed E-state index contributed by atoms with van der Waals surface area (Å²) in [4.78, 5) is 2.92. The van der Waals surface area contributed by atoms with Gasteiger partial charge in [0.25, 0.3) is 0 Å². The first-order valence-corrected chi connectivity index (χ1v) is 5.57. The first-order chi connectivity index (χ1) is 8.54. The van der Waals surface area contributed by atoms with E-state index in [9.17, 15) is 13.2 Å². The normalized spacial score (nSPS) is 11.5. The third-order valence-corrected chi connectivity index (χ3v) is 2.60. The van der Waals surface area contributed by atoms with Crippen LogP contribution in [0.4, 0.5) is 13.2 Å². The van der Waals surface area contributed by atoms with Crippen LogP contribution < -0.4 is 9.55 Å². The summed E-state index contributed by atoms with van der Waals surface area (Å²) in [5.41, 5.74) is 2.00. The van der Waals surface area contributed by atoms with Gasteiger partial charge in [-0.05, 0) is 11.1 Å². The van der Waals surface area contributed by atoms with E-state index in [0.717, 1.165) is 11.1 Å². The van der Waals surface area contributed by atoms with E-state index >= 15 is 0 Å². The number of nitrogens with one attached hydrogen (secondary N) is 1. The Hall–Kier alpha value is -1.91. The van der Waals surface area contributed by atoms with E-state index < -0.39 is 12.6 Å². The van der Waals surface area contributed by atoms with E-state index in [1.165, 1.54) is 4.57 Å². The molecule has 2 heterocycles. The summed E-state index contributed by atoms with van der Waals surface area (Å²) in [6.45, 7) is -0.0493. The minimum Gasteiger partial charge on any atom is -0.218 e. The molecule has 0 bridgehead atoms. The number of halogens is 3. The van der Waals surface area contributed by atoms with Crippen molar-refractivity contribution >= 4 is 0 Å². The number of hydrogen-bond acceptors (Lipinski definition) is 0. The van der Waals surface area contributed by atoms with Gasteiger partial charge in [-0.15, -0.1) is 0 Å². The lowest BCUT2D eigenvalue weighted by Crippen LogP contribution is -2.35. The molecule has 0 saturated heterocycles. The van der Waals surface area contributed by atoms with Gasteiger partial charge in [0.1, 0.15) is 6.42 Å². The number of nitrogens with zero attached hydrogens (tertiary/aromatic N) is 1. The number of aromatic amines is 1. The minimum atomic E-state index is -4.11. The molecule has 18 heavy (non-hydrogen) atoms. The zero-order valence-electron chi connectivity index (χ0n) is 9.61. The third-order valence-electron chi connectivity index (χ3n) is 2.60. The number of H-pyrrole nitrogens is 1. The molecule has 0 amide bonds. The summed E-state index contributed by atoms with van der Waals surface area (Å²) in [5.74, 6) is 0. The Morgan fingerprint density at radius 3 is 2.06 bits per heavy atom. The van der Waals surface area contributed by atoms with E-state index in [-0.39, 0.29) is 6.54 Å². The van der Waals surface area contributed by atoms with E-state index in [1.807, 2.05) is 24.3 Å². The van der Waals surface area contributed by atoms with Crippen LogP contribution in [0.1, 0.15) is 6.42 Å². The van der Waals surface area contributed by atoms with Gasteiger partial charge in [0.15, 0.2) is 31.3 Å².